The molecule has 1 heterocycles. The van der Waals surface area contributed by atoms with Gasteiger partial charge < -0.3 is 10.6 Å². The van der Waals surface area contributed by atoms with Crippen LogP contribution in [0.4, 0.5) is 0 Å². The van der Waals surface area contributed by atoms with Crippen LogP contribution in [-0.4, -0.2) is 54.2 Å². The van der Waals surface area contributed by atoms with Crippen LogP contribution in [0.25, 0.3) is 0 Å². The van der Waals surface area contributed by atoms with Crippen molar-refractivity contribution < 1.29 is 14.4 Å². The molecule has 6 nitrogen and oxygen atoms in total. The standard InChI is InChI=1S/C11H17N3O3/c1-13(8-6-12)9(15)3-2-7-14-10(16)4-5-11(14)17/h4-5H,2-3,6-8,12H2,1H3. The Bertz CT molecular complexity index is 334. The number of carbonyl (C=O) groups excluding carboxylic acids is 3. The topological polar surface area (TPSA) is 83.7 Å². The van der Waals surface area contributed by atoms with Crippen molar-refractivity contribution in [3.05, 3.63) is 12.2 Å². The van der Waals surface area contributed by atoms with Crippen LogP contribution in [-0.2, 0) is 14.4 Å². The predicted molar refractivity (Wildman–Crippen MR) is 61.8 cm³/mol. The first-order chi connectivity index (χ1) is 8.06. The minimum atomic E-state index is -0.308. The Hall–Kier alpha value is -1.69. The lowest BCUT2D eigenvalue weighted by Gasteiger charge is -2.17. The third kappa shape index (κ3) is 3.67. The molecule has 1 aliphatic rings. The van der Waals surface area contributed by atoms with Crippen LogP contribution < -0.4 is 5.73 Å². The van der Waals surface area contributed by atoms with Gasteiger partial charge in [-0.2, -0.15) is 0 Å². The van der Waals surface area contributed by atoms with E-state index in [1.807, 2.05) is 0 Å². The molecule has 0 aromatic carbocycles. The number of imide groups is 1. The van der Waals surface area contributed by atoms with Crippen LogP contribution >= 0.6 is 0 Å². The van der Waals surface area contributed by atoms with Crippen LogP contribution in [0.15, 0.2) is 12.2 Å². The van der Waals surface area contributed by atoms with Crippen molar-refractivity contribution in [3.8, 4) is 0 Å². The molecule has 6 heteroatoms. The molecule has 2 N–H and O–H groups in total. The van der Waals surface area contributed by atoms with Crippen LogP contribution in [0.2, 0.25) is 0 Å². The highest BCUT2D eigenvalue weighted by Gasteiger charge is 2.22. The fourth-order valence-electron chi connectivity index (χ4n) is 1.55. The molecule has 0 aromatic heterocycles. The molecule has 0 unspecified atom stereocenters. The summed E-state index contributed by atoms with van der Waals surface area (Å²) in [5.74, 6) is -0.641. The summed E-state index contributed by atoms with van der Waals surface area (Å²) in [5, 5.41) is 0. The van der Waals surface area contributed by atoms with Gasteiger partial charge >= 0.3 is 0 Å². The molecule has 0 radical (unpaired) electrons. The predicted octanol–water partition coefficient (Wildman–Crippen LogP) is -0.891. The fourth-order valence-corrected chi connectivity index (χ4v) is 1.55. The number of carbonyl (C=O) groups is 3. The molecule has 1 rings (SSSR count). The van der Waals surface area contributed by atoms with Crippen molar-refractivity contribution in [2.45, 2.75) is 12.8 Å². The molecule has 94 valence electrons. The smallest absolute Gasteiger partial charge is 0.253 e. The van der Waals surface area contributed by atoms with Gasteiger partial charge in [0, 0.05) is 45.3 Å². The second-order valence-electron chi connectivity index (χ2n) is 3.87. The molecular formula is C11H17N3O3. The fraction of sp³-hybridized carbons (Fsp3) is 0.545. The van der Waals surface area contributed by atoms with Gasteiger partial charge in [-0.15, -0.1) is 0 Å². The van der Waals surface area contributed by atoms with Crippen molar-refractivity contribution in [2.24, 2.45) is 5.73 Å². The maximum Gasteiger partial charge on any atom is 0.253 e. The van der Waals surface area contributed by atoms with Gasteiger partial charge in [0.05, 0.1) is 0 Å². The zero-order valence-electron chi connectivity index (χ0n) is 9.89. The van der Waals surface area contributed by atoms with Crippen LogP contribution in [0.3, 0.4) is 0 Å². The molecule has 17 heavy (non-hydrogen) atoms. The Kier molecular flexibility index (Phi) is 4.84. The van der Waals surface area contributed by atoms with Crippen LogP contribution in [0, 0.1) is 0 Å². The van der Waals surface area contributed by atoms with Crippen molar-refractivity contribution in [1.82, 2.24) is 9.80 Å². The third-order valence-corrected chi connectivity index (χ3v) is 2.56. The minimum Gasteiger partial charge on any atom is -0.344 e. The Morgan fingerprint density at radius 3 is 2.47 bits per heavy atom. The van der Waals surface area contributed by atoms with E-state index in [1.165, 1.54) is 12.2 Å². The molecular weight excluding hydrogens is 222 g/mol. The highest BCUT2D eigenvalue weighted by Crippen LogP contribution is 2.06. The summed E-state index contributed by atoms with van der Waals surface area (Å²) in [4.78, 5) is 36.6. The molecule has 1 aliphatic heterocycles. The van der Waals surface area contributed by atoms with Gasteiger partial charge in [-0.05, 0) is 6.42 Å². The number of amides is 3. The molecule has 3 amide bonds. The first-order valence-electron chi connectivity index (χ1n) is 5.54. The number of likely N-dealkylation sites (N-methyl/N-ethyl adjacent to an activating group) is 1. The summed E-state index contributed by atoms with van der Waals surface area (Å²) in [6.07, 6.45) is 3.27. The van der Waals surface area contributed by atoms with Crippen molar-refractivity contribution >= 4 is 17.7 Å². The lowest BCUT2D eigenvalue weighted by atomic mass is 10.2. The lowest BCUT2D eigenvalue weighted by molar-refractivity contribution is -0.138. The number of hydrogen-bond acceptors (Lipinski definition) is 4. The molecule has 0 bridgehead atoms. The van der Waals surface area contributed by atoms with Gasteiger partial charge in [-0.25, -0.2) is 0 Å². The average Bonchev–Trinajstić information content (AvgIpc) is 2.60. The van der Waals surface area contributed by atoms with E-state index < -0.39 is 0 Å². The monoisotopic (exact) mass is 239 g/mol. The lowest BCUT2D eigenvalue weighted by Crippen LogP contribution is -2.34. The molecule has 0 saturated heterocycles. The van der Waals surface area contributed by atoms with E-state index in [9.17, 15) is 14.4 Å². The van der Waals surface area contributed by atoms with Crippen molar-refractivity contribution in [3.63, 3.8) is 0 Å². The van der Waals surface area contributed by atoms with Gasteiger partial charge in [-0.1, -0.05) is 0 Å². The molecule has 0 fully saturated rings. The third-order valence-electron chi connectivity index (χ3n) is 2.56. The summed E-state index contributed by atoms with van der Waals surface area (Å²) in [6.45, 7) is 1.23. The van der Waals surface area contributed by atoms with Gasteiger partial charge in [0.1, 0.15) is 0 Å². The highest BCUT2D eigenvalue weighted by molar-refractivity contribution is 6.12. The van der Waals surface area contributed by atoms with Crippen LogP contribution in [0.5, 0.6) is 0 Å². The summed E-state index contributed by atoms with van der Waals surface area (Å²) in [7, 11) is 1.68. The van der Waals surface area contributed by atoms with E-state index in [-0.39, 0.29) is 24.3 Å². The van der Waals surface area contributed by atoms with Crippen molar-refractivity contribution in [1.29, 1.82) is 0 Å². The van der Waals surface area contributed by atoms with E-state index in [0.29, 0.717) is 25.9 Å². The van der Waals surface area contributed by atoms with Gasteiger partial charge in [0.2, 0.25) is 5.91 Å². The SMILES string of the molecule is CN(CCN)C(=O)CCCN1C(=O)C=CC1=O. The Balaban J connectivity index is 2.26. The minimum absolute atomic E-state index is 0.0255. The summed E-state index contributed by atoms with van der Waals surface area (Å²) in [5.41, 5.74) is 5.33. The van der Waals surface area contributed by atoms with Gasteiger partial charge in [-0.3, -0.25) is 19.3 Å². The van der Waals surface area contributed by atoms with E-state index in [1.54, 1.807) is 11.9 Å². The first kappa shape index (κ1) is 13.4. The highest BCUT2D eigenvalue weighted by atomic mass is 16.2. The van der Waals surface area contributed by atoms with Crippen LogP contribution in [0.1, 0.15) is 12.8 Å². The number of nitrogens with two attached hydrogens (primary N) is 1. The van der Waals surface area contributed by atoms with Gasteiger partial charge in [0.25, 0.3) is 11.8 Å². The normalized spacial score (nSPS) is 14.6. The molecule has 0 spiro atoms. The van der Waals surface area contributed by atoms with E-state index in [0.717, 1.165) is 4.90 Å². The maximum absolute atomic E-state index is 11.5. The quantitative estimate of drug-likeness (QED) is 0.609. The Morgan fingerprint density at radius 1 is 1.35 bits per heavy atom. The molecule has 0 saturated carbocycles. The summed E-state index contributed by atoms with van der Waals surface area (Å²) >= 11 is 0. The number of hydrogen-bond donors (Lipinski definition) is 1. The number of rotatable bonds is 6. The van der Waals surface area contributed by atoms with E-state index >= 15 is 0 Å². The zero-order chi connectivity index (χ0) is 12.8. The molecule has 0 aliphatic carbocycles. The zero-order valence-corrected chi connectivity index (χ0v) is 9.89. The summed E-state index contributed by atoms with van der Waals surface area (Å²) < 4.78 is 0. The van der Waals surface area contributed by atoms with E-state index in [4.69, 9.17) is 5.73 Å². The molecule has 0 aromatic rings. The first-order valence-corrected chi connectivity index (χ1v) is 5.54. The maximum atomic E-state index is 11.5. The largest absolute Gasteiger partial charge is 0.344 e. The second kappa shape index (κ2) is 6.15. The van der Waals surface area contributed by atoms with E-state index in [2.05, 4.69) is 0 Å². The average molecular weight is 239 g/mol. The Labute approximate surface area is 100 Å². The number of nitrogens with zero attached hydrogens (tertiary/aromatic N) is 2. The molecule has 0 atom stereocenters. The van der Waals surface area contributed by atoms with Gasteiger partial charge in [0.15, 0.2) is 0 Å². The van der Waals surface area contributed by atoms with Crippen molar-refractivity contribution in [2.75, 3.05) is 26.7 Å². The Morgan fingerprint density at radius 2 is 1.94 bits per heavy atom. The second-order valence-corrected chi connectivity index (χ2v) is 3.87. The summed E-state index contributed by atoms with van der Waals surface area (Å²) in [6, 6.07) is 0.